The van der Waals surface area contributed by atoms with Gasteiger partial charge in [-0.1, -0.05) is 15.9 Å². The highest BCUT2D eigenvalue weighted by atomic mass is 79.9. The lowest BCUT2D eigenvalue weighted by Gasteiger charge is -2.29. The van der Waals surface area contributed by atoms with Gasteiger partial charge in [-0.25, -0.2) is 0 Å². The molecule has 0 spiro atoms. The molecule has 2 rings (SSSR count). The van der Waals surface area contributed by atoms with Crippen LogP contribution < -0.4 is 15.4 Å². The summed E-state index contributed by atoms with van der Waals surface area (Å²) >= 11 is 3.38. The number of rotatable bonds is 4. The van der Waals surface area contributed by atoms with Crippen LogP contribution in [-0.2, 0) is 0 Å². The lowest BCUT2D eigenvalue weighted by atomic mass is 9.91. The highest BCUT2D eigenvalue weighted by Crippen LogP contribution is 2.24. The Hall–Kier alpha value is -1.07. The molecule has 110 valence electrons. The minimum Gasteiger partial charge on any atom is -0.496 e. The zero-order chi connectivity index (χ0) is 14.5. The van der Waals surface area contributed by atoms with Crippen molar-refractivity contribution in [1.29, 1.82) is 0 Å². The van der Waals surface area contributed by atoms with Gasteiger partial charge in [0.1, 0.15) is 5.75 Å². The summed E-state index contributed by atoms with van der Waals surface area (Å²) in [4.78, 5) is 12.3. The first-order valence-corrected chi connectivity index (χ1v) is 7.75. The second-order valence-electron chi connectivity index (χ2n) is 5.16. The zero-order valence-electron chi connectivity index (χ0n) is 11.9. The van der Waals surface area contributed by atoms with Crippen LogP contribution in [0.5, 0.6) is 5.75 Å². The number of nitrogens with one attached hydrogen (secondary N) is 2. The number of halogens is 1. The zero-order valence-corrected chi connectivity index (χ0v) is 13.5. The maximum atomic E-state index is 12.3. The van der Waals surface area contributed by atoms with Gasteiger partial charge in [-0.3, -0.25) is 4.79 Å². The summed E-state index contributed by atoms with van der Waals surface area (Å²) in [6, 6.07) is 6.31. The van der Waals surface area contributed by atoms with Crippen molar-refractivity contribution in [2.24, 2.45) is 0 Å². The lowest BCUT2D eigenvalue weighted by molar-refractivity contribution is 0.0921. The molecule has 4 nitrogen and oxygen atoms in total. The number of hydrogen-bond acceptors (Lipinski definition) is 3. The molecule has 2 N–H and O–H groups in total. The van der Waals surface area contributed by atoms with Crippen molar-refractivity contribution in [2.75, 3.05) is 14.2 Å². The normalized spacial score (nSPS) is 22.4. The monoisotopic (exact) mass is 340 g/mol. The fourth-order valence-corrected chi connectivity index (χ4v) is 2.98. The van der Waals surface area contributed by atoms with E-state index in [4.69, 9.17) is 4.74 Å². The topological polar surface area (TPSA) is 50.4 Å². The minimum atomic E-state index is -0.0535. The van der Waals surface area contributed by atoms with Crippen LogP contribution in [0.2, 0.25) is 0 Å². The first-order valence-electron chi connectivity index (χ1n) is 6.95. The van der Waals surface area contributed by atoms with E-state index in [0.717, 1.165) is 30.2 Å². The first kappa shape index (κ1) is 15.3. The van der Waals surface area contributed by atoms with Gasteiger partial charge in [-0.05, 0) is 50.9 Å². The van der Waals surface area contributed by atoms with Gasteiger partial charge in [-0.2, -0.15) is 0 Å². The molecule has 0 aromatic heterocycles. The van der Waals surface area contributed by atoms with Crippen molar-refractivity contribution < 1.29 is 9.53 Å². The van der Waals surface area contributed by atoms with E-state index in [1.807, 2.05) is 19.2 Å². The van der Waals surface area contributed by atoms with E-state index in [1.165, 1.54) is 0 Å². The molecule has 0 radical (unpaired) electrons. The molecule has 0 aliphatic heterocycles. The van der Waals surface area contributed by atoms with Crippen molar-refractivity contribution in [1.82, 2.24) is 10.6 Å². The minimum absolute atomic E-state index is 0.0535. The molecule has 1 saturated carbocycles. The van der Waals surface area contributed by atoms with Crippen LogP contribution in [0.3, 0.4) is 0 Å². The third-order valence-electron chi connectivity index (χ3n) is 3.88. The highest BCUT2D eigenvalue weighted by Gasteiger charge is 2.22. The van der Waals surface area contributed by atoms with Gasteiger partial charge in [0, 0.05) is 16.6 Å². The number of amides is 1. The molecule has 0 bridgehead atoms. The van der Waals surface area contributed by atoms with Crippen molar-refractivity contribution in [3.8, 4) is 5.75 Å². The lowest BCUT2D eigenvalue weighted by Crippen LogP contribution is -2.41. The van der Waals surface area contributed by atoms with Crippen LogP contribution >= 0.6 is 15.9 Å². The Kier molecular flexibility index (Phi) is 5.43. The maximum Gasteiger partial charge on any atom is 0.255 e. The number of ether oxygens (including phenoxy) is 1. The summed E-state index contributed by atoms with van der Waals surface area (Å²) in [7, 11) is 3.58. The average molecular weight is 341 g/mol. The molecule has 0 heterocycles. The second kappa shape index (κ2) is 7.09. The van der Waals surface area contributed by atoms with Crippen molar-refractivity contribution in [3.05, 3.63) is 28.2 Å². The van der Waals surface area contributed by atoms with Crippen LogP contribution in [0, 0.1) is 0 Å². The van der Waals surface area contributed by atoms with E-state index in [1.54, 1.807) is 13.2 Å². The highest BCUT2D eigenvalue weighted by molar-refractivity contribution is 9.10. The van der Waals surface area contributed by atoms with Gasteiger partial charge in [0.2, 0.25) is 0 Å². The molecule has 0 atom stereocenters. The fraction of sp³-hybridized carbons (Fsp3) is 0.533. The largest absolute Gasteiger partial charge is 0.496 e. The number of carbonyl (C=O) groups excluding carboxylic acids is 1. The van der Waals surface area contributed by atoms with E-state index in [-0.39, 0.29) is 11.9 Å². The van der Waals surface area contributed by atoms with E-state index >= 15 is 0 Å². The third kappa shape index (κ3) is 3.73. The Labute approximate surface area is 128 Å². The fourth-order valence-electron chi connectivity index (χ4n) is 2.64. The summed E-state index contributed by atoms with van der Waals surface area (Å²) in [5.74, 6) is 0.544. The Morgan fingerprint density at radius 3 is 2.50 bits per heavy atom. The van der Waals surface area contributed by atoms with Gasteiger partial charge >= 0.3 is 0 Å². The summed E-state index contributed by atoms with van der Waals surface area (Å²) in [5.41, 5.74) is 0.589. The van der Waals surface area contributed by atoms with Crippen LogP contribution in [0.4, 0.5) is 0 Å². The molecule has 5 heteroatoms. The maximum absolute atomic E-state index is 12.3. The van der Waals surface area contributed by atoms with Gasteiger partial charge in [0.25, 0.3) is 5.91 Å². The predicted octanol–water partition coefficient (Wildman–Crippen LogP) is 2.72. The molecular formula is C15H21BrN2O2. The number of hydrogen-bond donors (Lipinski definition) is 2. The Morgan fingerprint density at radius 2 is 1.90 bits per heavy atom. The molecule has 1 amide bonds. The van der Waals surface area contributed by atoms with E-state index in [9.17, 15) is 4.79 Å². The van der Waals surface area contributed by atoms with E-state index in [0.29, 0.717) is 17.4 Å². The summed E-state index contributed by atoms with van der Waals surface area (Å²) < 4.78 is 6.17. The van der Waals surface area contributed by atoms with Crippen molar-refractivity contribution in [2.45, 2.75) is 37.8 Å². The number of methoxy groups -OCH3 is 1. The van der Waals surface area contributed by atoms with Gasteiger partial charge in [0.05, 0.1) is 12.7 Å². The van der Waals surface area contributed by atoms with Crippen LogP contribution in [-0.4, -0.2) is 32.1 Å². The number of carbonyl (C=O) groups is 1. The Balaban J connectivity index is 1.98. The number of benzene rings is 1. The second-order valence-corrected chi connectivity index (χ2v) is 6.07. The van der Waals surface area contributed by atoms with Gasteiger partial charge in [-0.15, -0.1) is 0 Å². The quantitative estimate of drug-likeness (QED) is 0.885. The SMILES string of the molecule is CNC1CCC(NC(=O)c2ccc(Br)cc2OC)CC1. The van der Waals surface area contributed by atoms with Crippen LogP contribution in [0.15, 0.2) is 22.7 Å². The van der Waals surface area contributed by atoms with E-state index < -0.39 is 0 Å². The summed E-state index contributed by atoms with van der Waals surface area (Å²) in [6.45, 7) is 0. The molecular weight excluding hydrogens is 320 g/mol. The summed E-state index contributed by atoms with van der Waals surface area (Å²) in [6.07, 6.45) is 4.27. The third-order valence-corrected chi connectivity index (χ3v) is 4.37. The molecule has 1 aliphatic carbocycles. The van der Waals surface area contributed by atoms with E-state index in [2.05, 4.69) is 26.6 Å². The molecule has 1 aromatic carbocycles. The van der Waals surface area contributed by atoms with Gasteiger partial charge in [0.15, 0.2) is 0 Å². The summed E-state index contributed by atoms with van der Waals surface area (Å²) in [5, 5.41) is 6.41. The average Bonchev–Trinajstić information content (AvgIpc) is 2.47. The van der Waals surface area contributed by atoms with Crippen LogP contribution in [0.25, 0.3) is 0 Å². The first-order chi connectivity index (χ1) is 9.63. The molecule has 1 aromatic rings. The molecule has 0 unspecified atom stereocenters. The molecule has 1 fully saturated rings. The van der Waals surface area contributed by atoms with Gasteiger partial charge < -0.3 is 15.4 Å². The Morgan fingerprint density at radius 1 is 1.25 bits per heavy atom. The molecule has 1 aliphatic rings. The van der Waals surface area contributed by atoms with Crippen LogP contribution in [0.1, 0.15) is 36.0 Å². The molecule has 0 saturated heterocycles. The predicted molar refractivity (Wildman–Crippen MR) is 83.3 cm³/mol. The van der Waals surface area contributed by atoms with Crippen molar-refractivity contribution in [3.63, 3.8) is 0 Å². The molecule has 20 heavy (non-hydrogen) atoms. The van der Waals surface area contributed by atoms with Crippen molar-refractivity contribution >= 4 is 21.8 Å². The Bertz CT molecular complexity index is 471. The standard InChI is InChI=1S/C15H21BrN2O2/c1-17-11-4-6-12(7-5-11)18-15(19)13-8-3-10(16)9-14(13)20-2/h3,8-9,11-12,17H,4-7H2,1-2H3,(H,18,19). The smallest absolute Gasteiger partial charge is 0.255 e.